The SMILES string of the molecule is N#Cc1ccccc1CS(=O)(=O)CC(=O)N1CCCCCC1. The Labute approximate surface area is 131 Å². The molecule has 0 bridgehead atoms. The largest absolute Gasteiger partial charge is 0.342 e. The number of carbonyl (C=O) groups is 1. The summed E-state index contributed by atoms with van der Waals surface area (Å²) in [5.74, 6) is -1.07. The Bertz CT molecular complexity index is 669. The third-order valence-electron chi connectivity index (χ3n) is 3.82. The molecule has 0 spiro atoms. The van der Waals surface area contributed by atoms with Gasteiger partial charge >= 0.3 is 0 Å². The van der Waals surface area contributed by atoms with E-state index >= 15 is 0 Å². The number of hydrogen-bond donors (Lipinski definition) is 0. The van der Waals surface area contributed by atoms with Crippen LogP contribution in [0.1, 0.15) is 36.8 Å². The molecule has 2 rings (SSSR count). The molecule has 1 amide bonds. The molecule has 0 saturated carbocycles. The molecule has 1 aliphatic heterocycles. The molecule has 22 heavy (non-hydrogen) atoms. The first-order chi connectivity index (χ1) is 10.5. The van der Waals surface area contributed by atoms with Crippen molar-refractivity contribution in [2.75, 3.05) is 18.8 Å². The van der Waals surface area contributed by atoms with E-state index in [0.29, 0.717) is 24.2 Å². The van der Waals surface area contributed by atoms with Crippen molar-refractivity contribution in [1.82, 2.24) is 4.90 Å². The van der Waals surface area contributed by atoms with E-state index in [1.807, 2.05) is 6.07 Å². The predicted octanol–water partition coefficient (Wildman–Crippen LogP) is 1.88. The van der Waals surface area contributed by atoms with Crippen molar-refractivity contribution >= 4 is 15.7 Å². The van der Waals surface area contributed by atoms with Gasteiger partial charge in [-0.25, -0.2) is 8.42 Å². The third-order valence-corrected chi connectivity index (χ3v) is 5.25. The molecule has 1 aliphatic rings. The topological polar surface area (TPSA) is 78.2 Å². The highest BCUT2D eigenvalue weighted by Crippen LogP contribution is 2.14. The average molecular weight is 320 g/mol. The van der Waals surface area contributed by atoms with E-state index in [1.54, 1.807) is 29.2 Å². The van der Waals surface area contributed by atoms with Crippen molar-refractivity contribution in [3.05, 3.63) is 35.4 Å². The molecule has 1 heterocycles. The minimum atomic E-state index is -3.57. The lowest BCUT2D eigenvalue weighted by atomic mass is 10.1. The molecule has 0 atom stereocenters. The summed E-state index contributed by atoms with van der Waals surface area (Å²) in [4.78, 5) is 13.8. The van der Waals surface area contributed by atoms with Crippen molar-refractivity contribution in [3.8, 4) is 6.07 Å². The van der Waals surface area contributed by atoms with Gasteiger partial charge in [0.1, 0.15) is 5.75 Å². The Hall–Kier alpha value is -1.87. The van der Waals surface area contributed by atoms with Gasteiger partial charge in [-0.15, -0.1) is 0 Å². The van der Waals surface area contributed by atoms with Crippen molar-refractivity contribution in [3.63, 3.8) is 0 Å². The summed E-state index contributed by atoms with van der Waals surface area (Å²) in [6, 6.07) is 8.57. The molecular weight excluding hydrogens is 300 g/mol. The summed E-state index contributed by atoms with van der Waals surface area (Å²) in [7, 11) is -3.57. The average Bonchev–Trinajstić information content (AvgIpc) is 2.76. The number of nitrogens with zero attached hydrogens (tertiary/aromatic N) is 2. The fourth-order valence-electron chi connectivity index (χ4n) is 2.64. The smallest absolute Gasteiger partial charge is 0.237 e. The van der Waals surface area contributed by atoms with Crippen LogP contribution in [0.25, 0.3) is 0 Å². The number of hydrogen-bond acceptors (Lipinski definition) is 4. The maximum Gasteiger partial charge on any atom is 0.237 e. The van der Waals surface area contributed by atoms with Gasteiger partial charge in [-0.2, -0.15) is 5.26 Å². The van der Waals surface area contributed by atoms with E-state index in [0.717, 1.165) is 25.7 Å². The third kappa shape index (κ3) is 4.57. The molecule has 0 aromatic heterocycles. The van der Waals surface area contributed by atoms with Crippen molar-refractivity contribution < 1.29 is 13.2 Å². The van der Waals surface area contributed by atoms with Gasteiger partial charge in [-0.1, -0.05) is 31.0 Å². The van der Waals surface area contributed by atoms with Gasteiger partial charge in [0.2, 0.25) is 5.91 Å². The summed E-state index contributed by atoms with van der Waals surface area (Å²) in [6.07, 6.45) is 4.05. The Kier molecular flexibility index (Phi) is 5.56. The number of carbonyl (C=O) groups excluding carboxylic acids is 1. The van der Waals surface area contributed by atoms with Crippen LogP contribution in [0.2, 0.25) is 0 Å². The standard InChI is InChI=1S/C16H20N2O3S/c17-11-14-7-3-4-8-15(14)12-22(20,21)13-16(19)18-9-5-1-2-6-10-18/h3-4,7-8H,1-2,5-6,9-10,12-13H2. The molecular formula is C16H20N2O3S. The van der Waals surface area contributed by atoms with Gasteiger partial charge in [-0.05, 0) is 24.5 Å². The number of rotatable bonds is 4. The molecule has 0 N–H and O–H groups in total. The first kappa shape index (κ1) is 16.5. The van der Waals surface area contributed by atoms with Crippen molar-refractivity contribution in [1.29, 1.82) is 5.26 Å². The zero-order valence-electron chi connectivity index (χ0n) is 12.5. The number of likely N-dealkylation sites (tertiary alicyclic amines) is 1. The van der Waals surface area contributed by atoms with Crippen LogP contribution >= 0.6 is 0 Å². The lowest BCUT2D eigenvalue weighted by Crippen LogP contribution is -2.36. The minimum Gasteiger partial charge on any atom is -0.342 e. The second-order valence-electron chi connectivity index (χ2n) is 5.60. The monoisotopic (exact) mass is 320 g/mol. The molecule has 0 radical (unpaired) electrons. The molecule has 1 aromatic carbocycles. The van der Waals surface area contributed by atoms with Gasteiger partial charge < -0.3 is 4.90 Å². The van der Waals surface area contributed by atoms with Gasteiger partial charge in [0, 0.05) is 13.1 Å². The Balaban J connectivity index is 2.04. The maximum absolute atomic E-state index is 12.3. The molecule has 118 valence electrons. The van der Waals surface area contributed by atoms with E-state index in [4.69, 9.17) is 5.26 Å². The molecule has 6 heteroatoms. The first-order valence-corrected chi connectivity index (χ1v) is 9.30. The quantitative estimate of drug-likeness (QED) is 0.848. The molecule has 0 aliphatic carbocycles. The first-order valence-electron chi connectivity index (χ1n) is 7.48. The highest BCUT2D eigenvalue weighted by atomic mass is 32.2. The number of nitriles is 1. The number of benzene rings is 1. The summed E-state index contributed by atoms with van der Waals surface area (Å²) < 4.78 is 24.5. The van der Waals surface area contributed by atoms with Crippen LogP contribution in [0, 0.1) is 11.3 Å². The lowest BCUT2D eigenvalue weighted by Gasteiger charge is -2.20. The normalized spacial score (nSPS) is 15.9. The number of sulfone groups is 1. The maximum atomic E-state index is 12.3. The van der Waals surface area contributed by atoms with Crippen LogP contribution in [0.3, 0.4) is 0 Å². The highest BCUT2D eigenvalue weighted by Gasteiger charge is 2.23. The van der Waals surface area contributed by atoms with Crippen molar-refractivity contribution in [2.24, 2.45) is 0 Å². The summed E-state index contributed by atoms with van der Waals surface area (Å²) in [6.45, 7) is 1.28. The molecule has 1 saturated heterocycles. The van der Waals surface area contributed by atoms with Crippen LogP contribution in [-0.4, -0.2) is 38.1 Å². The zero-order chi connectivity index (χ0) is 16.0. The summed E-state index contributed by atoms with van der Waals surface area (Å²) in [5.41, 5.74) is 0.793. The second kappa shape index (κ2) is 7.41. The van der Waals surface area contributed by atoms with Gasteiger partial charge in [0.15, 0.2) is 9.84 Å². The lowest BCUT2D eigenvalue weighted by molar-refractivity contribution is -0.128. The molecule has 5 nitrogen and oxygen atoms in total. The van der Waals surface area contributed by atoms with E-state index in [-0.39, 0.29) is 11.7 Å². The Morgan fingerprint density at radius 1 is 1.14 bits per heavy atom. The van der Waals surface area contributed by atoms with Gasteiger partial charge in [0.25, 0.3) is 0 Å². The zero-order valence-corrected chi connectivity index (χ0v) is 13.3. The summed E-state index contributed by atoms with van der Waals surface area (Å²) >= 11 is 0. The van der Waals surface area contributed by atoms with E-state index in [2.05, 4.69) is 0 Å². The highest BCUT2D eigenvalue weighted by molar-refractivity contribution is 7.91. The van der Waals surface area contributed by atoms with E-state index in [1.165, 1.54) is 0 Å². The van der Waals surface area contributed by atoms with Crippen molar-refractivity contribution in [2.45, 2.75) is 31.4 Å². The summed E-state index contributed by atoms with van der Waals surface area (Å²) in [5, 5.41) is 9.01. The Morgan fingerprint density at radius 2 is 1.77 bits per heavy atom. The Morgan fingerprint density at radius 3 is 2.41 bits per heavy atom. The van der Waals surface area contributed by atoms with Crippen LogP contribution in [-0.2, 0) is 20.4 Å². The van der Waals surface area contributed by atoms with Crippen LogP contribution in [0.4, 0.5) is 0 Å². The predicted molar refractivity (Wildman–Crippen MR) is 83.7 cm³/mol. The fourth-order valence-corrected chi connectivity index (χ4v) is 4.03. The fraction of sp³-hybridized carbons (Fsp3) is 0.500. The van der Waals surface area contributed by atoms with Gasteiger partial charge in [0.05, 0.1) is 17.4 Å². The second-order valence-corrected chi connectivity index (χ2v) is 7.66. The number of amides is 1. The minimum absolute atomic E-state index is 0.268. The molecule has 1 fully saturated rings. The van der Waals surface area contributed by atoms with Gasteiger partial charge in [-0.3, -0.25) is 4.79 Å². The van der Waals surface area contributed by atoms with Crippen LogP contribution in [0.15, 0.2) is 24.3 Å². The van der Waals surface area contributed by atoms with Crippen LogP contribution in [0.5, 0.6) is 0 Å². The molecule has 0 unspecified atom stereocenters. The van der Waals surface area contributed by atoms with E-state index < -0.39 is 15.6 Å². The molecule has 1 aromatic rings. The van der Waals surface area contributed by atoms with E-state index in [9.17, 15) is 13.2 Å². The van der Waals surface area contributed by atoms with Crippen LogP contribution < -0.4 is 0 Å².